The van der Waals surface area contributed by atoms with Crippen molar-refractivity contribution in [2.75, 3.05) is 6.54 Å². The predicted octanol–water partition coefficient (Wildman–Crippen LogP) is -0.195. The molecule has 0 saturated heterocycles. The molecule has 0 heterocycles. The lowest BCUT2D eigenvalue weighted by Crippen LogP contribution is -2.27. The van der Waals surface area contributed by atoms with Gasteiger partial charge in [-0.25, -0.2) is 0 Å². The number of amides is 1. The first-order valence-corrected chi connectivity index (χ1v) is 5.99. The number of hydrogen-bond donors (Lipinski definition) is 5. The number of phenols is 1. The Balaban J connectivity index is 2.65. The summed E-state index contributed by atoms with van der Waals surface area (Å²) in [6.45, 7) is 1.28. The minimum Gasteiger partial charge on any atom is -0.508 e. The van der Waals surface area contributed by atoms with Gasteiger partial charge in [0.25, 0.3) is 0 Å². The third-order valence-corrected chi connectivity index (χ3v) is 2.79. The van der Waals surface area contributed by atoms with Crippen molar-refractivity contribution >= 4 is 5.91 Å². The number of carbonyl (C=O) groups is 1. The number of rotatable bonds is 6. The largest absolute Gasteiger partial charge is 0.508 e. The zero-order valence-corrected chi connectivity index (χ0v) is 10.7. The molecule has 0 aromatic heterocycles. The lowest BCUT2D eigenvalue weighted by atomic mass is 10.00. The molecule has 0 aliphatic heterocycles. The first kappa shape index (κ1) is 15.4. The Morgan fingerprint density at radius 2 is 2.05 bits per heavy atom. The minimum atomic E-state index is -1.14. The SMILES string of the molecule is CC(=O)NCCC(O)C(O)c1ccc(O)c(CO)c1. The fourth-order valence-electron chi connectivity index (χ4n) is 1.69. The van der Waals surface area contributed by atoms with Gasteiger partial charge in [-0.3, -0.25) is 4.79 Å². The summed E-state index contributed by atoms with van der Waals surface area (Å²) in [6.07, 6.45) is -1.97. The van der Waals surface area contributed by atoms with Gasteiger partial charge in [-0.2, -0.15) is 0 Å². The van der Waals surface area contributed by atoms with Crippen LogP contribution in [0.4, 0.5) is 0 Å². The van der Waals surface area contributed by atoms with Crippen LogP contribution in [0.3, 0.4) is 0 Å². The molecule has 19 heavy (non-hydrogen) atoms. The predicted molar refractivity (Wildman–Crippen MR) is 68.3 cm³/mol. The fraction of sp³-hybridized carbons (Fsp3) is 0.462. The highest BCUT2D eigenvalue weighted by Crippen LogP contribution is 2.25. The Kier molecular flexibility index (Phi) is 5.75. The van der Waals surface area contributed by atoms with Crippen molar-refractivity contribution in [1.82, 2.24) is 5.32 Å². The monoisotopic (exact) mass is 269 g/mol. The Labute approximate surface area is 111 Å². The van der Waals surface area contributed by atoms with E-state index in [-0.39, 0.29) is 36.8 Å². The summed E-state index contributed by atoms with van der Waals surface area (Å²) in [7, 11) is 0. The molecule has 1 rings (SSSR count). The van der Waals surface area contributed by atoms with Crippen LogP contribution in [0.5, 0.6) is 5.75 Å². The van der Waals surface area contributed by atoms with Gasteiger partial charge in [-0.15, -0.1) is 0 Å². The zero-order valence-electron chi connectivity index (χ0n) is 10.7. The van der Waals surface area contributed by atoms with Crippen LogP contribution in [-0.2, 0) is 11.4 Å². The van der Waals surface area contributed by atoms with Gasteiger partial charge < -0.3 is 25.7 Å². The van der Waals surface area contributed by atoms with Crippen molar-refractivity contribution in [2.24, 2.45) is 0 Å². The maximum atomic E-state index is 10.7. The molecule has 1 amide bonds. The van der Waals surface area contributed by atoms with Crippen molar-refractivity contribution in [3.63, 3.8) is 0 Å². The van der Waals surface area contributed by atoms with Gasteiger partial charge in [0, 0.05) is 19.0 Å². The first-order chi connectivity index (χ1) is 8.95. The number of aliphatic hydroxyl groups is 3. The third-order valence-electron chi connectivity index (χ3n) is 2.79. The molecule has 0 bridgehead atoms. The van der Waals surface area contributed by atoms with Crippen LogP contribution in [-0.4, -0.2) is 39.0 Å². The van der Waals surface area contributed by atoms with Gasteiger partial charge in [0.1, 0.15) is 11.9 Å². The average Bonchev–Trinajstić information content (AvgIpc) is 2.38. The summed E-state index contributed by atoms with van der Waals surface area (Å²) >= 11 is 0. The molecule has 5 N–H and O–H groups in total. The fourth-order valence-corrected chi connectivity index (χ4v) is 1.69. The summed E-state index contributed by atoms with van der Waals surface area (Å²) in [6, 6.07) is 4.26. The van der Waals surface area contributed by atoms with Crippen LogP contribution in [0.2, 0.25) is 0 Å². The van der Waals surface area contributed by atoms with Crippen LogP contribution < -0.4 is 5.32 Å². The first-order valence-electron chi connectivity index (χ1n) is 5.99. The zero-order chi connectivity index (χ0) is 14.4. The topological polar surface area (TPSA) is 110 Å². The van der Waals surface area contributed by atoms with Crippen LogP contribution in [0.25, 0.3) is 0 Å². The number of aromatic hydroxyl groups is 1. The molecule has 6 heteroatoms. The molecule has 2 atom stereocenters. The molecule has 0 spiro atoms. The van der Waals surface area contributed by atoms with E-state index in [4.69, 9.17) is 5.11 Å². The molecule has 0 aliphatic carbocycles. The van der Waals surface area contributed by atoms with Crippen LogP contribution in [0, 0.1) is 0 Å². The highest BCUT2D eigenvalue weighted by molar-refractivity contribution is 5.72. The summed E-state index contributed by atoms with van der Waals surface area (Å²) in [5, 5.41) is 40.7. The molecule has 1 aromatic rings. The average molecular weight is 269 g/mol. The van der Waals surface area contributed by atoms with Gasteiger partial charge in [-0.1, -0.05) is 6.07 Å². The second-order valence-electron chi connectivity index (χ2n) is 4.33. The number of hydrogen-bond acceptors (Lipinski definition) is 5. The quantitative estimate of drug-likeness (QED) is 0.491. The van der Waals surface area contributed by atoms with Gasteiger partial charge in [-0.05, 0) is 24.1 Å². The molecule has 0 aliphatic rings. The summed E-state index contributed by atoms with van der Waals surface area (Å²) in [5.41, 5.74) is 0.683. The van der Waals surface area contributed by atoms with Gasteiger partial charge in [0.05, 0.1) is 12.7 Å². The highest BCUT2D eigenvalue weighted by atomic mass is 16.3. The summed E-state index contributed by atoms with van der Waals surface area (Å²) in [4.78, 5) is 10.7. The molecule has 0 saturated carbocycles. The van der Waals surface area contributed by atoms with Gasteiger partial charge >= 0.3 is 0 Å². The van der Waals surface area contributed by atoms with E-state index < -0.39 is 12.2 Å². The summed E-state index contributed by atoms with van der Waals surface area (Å²) < 4.78 is 0. The molecule has 0 radical (unpaired) electrons. The Morgan fingerprint density at radius 1 is 1.37 bits per heavy atom. The van der Waals surface area contributed by atoms with E-state index in [1.54, 1.807) is 0 Å². The maximum Gasteiger partial charge on any atom is 0.216 e. The van der Waals surface area contributed by atoms with Crippen LogP contribution in [0.15, 0.2) is 18.2 Å². The van der Waals surface area contributed by atoms with Crippen molar-refractivity contribution in [2.45, 2.75) is 32.2 Å². The Morgan fingerprint density at radius 3 is 2.63 bits per heavy atom. The second kappa shape index (κ2) is 7.08. The van der Waals surface area contributed by atoms with Crippen molar-refractivity contribution in [3.05, 3.63) is 29.3 Å². The second-order valence-corrected chi connectivity index (χ2v) is 4.33. The Bertz CT molecular complexity index is 435. The van der Waals surface area contributed by atoms with E-state index in [2.05, 4.69) is 5.32 Å². The maximum absolute atomic E-state index is 10.7. The normalized spacial score (nSPS) is 13.9. The van der Waals surface area contributed by atoms with Crippen molar-refractivity contribution in [1.29, 1.82) is 0 Å². The lowest BCUT2D eigenvalue weighted by Gasteiger charge is -2.19. The van der Waals surface area contributed by atoms with E-state index in [1.807, 2.05) is 0 Å². The number of nitrogens with one attached hydrogen (secondary N) is 1. The number of carbonyl (C=O) groups excluding carboxylic acids is 1. The van der Waals surface area contributed by atoms with E-state index in [0.29, 0.717) is 5.56 Å². The Hall–Kier alpha value is -1.63. The van der Waals surface area contributed by atoms with Gasteiger partial charge in [0.2, 0.25) is 5.91 Å². The third kappa shape index (κ3) is 4.51. The molecular formula is C13H19NO5. The van der Waals surface area contributed by atoms with Crippen molar-refractivity contribution < 1.29 is 25.2 Å². The van der Waals surface area contributed by atoms with Gasteiger partial charge in [0.15, 0.2) is 0 Å². The molecule has 6 nitrogen and oxygen atoms in total. The van der Waals surface area contributed by atoms with E-state index in [1.165, 1.54) is 25.1 Å². The molecule has 1 aromatic carbocycles. The molecule has 2 unspecified atom stereocenters. The number of aliphatic hydroxyl groups excluding tert-OH is 3. The molecular weight excluding hydrogens is 250 g/mol. The molecule has 0 fully saturated rings. The highest BCUT2D eigenvalue weighted by Gasteiger charge is 2.19. The van der Waals surface area contributed by atoms with E-state index >= 15 is 0 Å². The number of benzene rings is 1. The van der Waals surface area contributed by atoms with E-state index in [9.17, 15) is 20.1 Å². The smallest absolute Gasteiger partial charge is 0.216 e. The van der Waals surface area contributed by atoms with Crippen LogP contribution >= 0.6 is 0 Å². The minimum absolute atomic E-state index is 0.0637. The standard InChI is InChI=1S/C13H19NO5/c1-8(16)14-5-4-12(18)13(19)9-2-3-11(17)10(6-9)7-15/h2-3,6,12-13,15,17-19H,4-5,7H2,1H3,(H,14,16). The summed E-state index contributed by atoms with van der Waals surface area (Å²) in [5.74, 6) is -0.264. The van der Waals surface area contributed by atoms with E-state index in [0.717, 1.165) is 0 Å². The molecule has 106 valence electrons. The van der Waals surface area contributed by atoms with Crippen LogP contribution in [0.1, 0.15) is 30.6 Å². The lowest BCUT2D eigenvalue weighted by molar-refractivity contribution is -0.119. The van der Waals surface area contributed by atoms with Crippen molar-refractivity contribution in [3.8, 4) is 5.75 Å².